The lowest BCUT2D eigenvalue weighted by molar-refractivity contribution is -0.0440. The zero-order valence-electron chi connectivity index (χ0n) is 15.8. The summed E-state index contributed by atoms with van der Waals surface area (Å²) >= 11 is 1.49. The van der Waals surface area contributed by atoms with Gasteiger partial charge >= 0.3 is 0 Å². The molecule has 2 aromatic rings. The van der Waals surface area contributed by atoms with E-state index in [1.54, 1.807) is 12.1 Å². The van der Waals surface area contributed by atoms with E-state index in [4.69, 9.17) is 4.74 Å². The number of anilines is 1. The molecule has 0 unspecified atom stereocenters. The second kappa shape index (κ2) is 7.55. The fraction of sp³-hybridized carbons (Fsp3) is 0.474. The Labute approximate surface area is 168 Å². The smallest absolute Gasteiger partial charge is 0.257 e. The third-order valence-electron chi connectivity index (χ3n) is 4.94. The number of nitrogens with zero attached hydrogens (tertiary/aromatic N) is 2. The van der Waals surface area contributed by atoms with E-state index in [1.165, 1.54) is 32.7 Å². The summed E-state index contributed by atoms with van der Waals surface area (Å²) in [6.45, 7) is 4.31. The number of rotatable bonds is 4. The summed E-state index contributed by atoms with van der Waals surface area (Å²) in [5.74, 6) is -0.354. The van der Waals surface area contributed by atoms with Crippen LogP contribution in [0.25, 0.3) is 0 Å². The molecular weight excluding hydrogens is 398 g/mol. The minimum atomic E-state index is -3.69. The number of ether oxygens (including phenoxy) is 1. The Morgan fingerprint density at radius 3 is 2.71 bits per heavy atom. The molecule has 9 heteroatoms. The van der Waals surface area contributed by atoms with Gasteiger partial charge in [-0.1, -0.05) is 6.07 Å². The van der Waals surface area contributed by atoms with Crippen molar-refractivity contribution in [1.82, 2.24) is 9.29 Å². The number of benzene rings is 1. The first-order chi connectivity index (χ1) is 13.3. The van der Waals surface area contributed by atoms with Crippen molar-refractivity contribution in [2.45, 2.75) is 50.2 Å². The minimum Gasteiger partial charge on any atom is -0.373 e. The molecule has 1 aliphatic heterocycles. The molecule has 2 heterocycles. The molecule has 0 radical (unpaired) electrons. The highest BCUT2D eigenvalue weighted by atomic mass is 32.2. The Bertz CT molecular complexity index is 971. The van der Waals surface area contributed by atoms with Crippen LogP contribution in [0.1, 0.15) is 41.2 Å². The van der Waals surface area contributed by atoms with Crippen LogP contribution in [0, 0.1) is 0 Å². The molecule has 4 rings (SSSR count). The maximum absolute atomic E-state index is 13.0. The number of carbonyl (C=O) groups is 1. The predicted octanol–water partition coefficient (Wildman–Crippen LogP) is 2.68. The standard InChI is InChI=1S/C19H23N3O4S2/c1-12-10-22(11-13(2)26-12)28(24,25)15-6-3-5-14(9-15)18(23)21-19-20-16-7-4-8-17(16)27-19/h3,5-6,9,12-13H,4,7-8,10-11H2,1-2H3,(H,20,21,23)/t12-,13+. The molecule has 2 aliphatic rings. The highest BCUT2D eigenvalue weighted by molar-refractivity contribution is 7.89. The van der Waals surface area contributed by atoms with E-state index >= 15 is 0 Å². The Kier molecular flexibility index (Phi) is 5.26. The number of sulfonamides is 1. The van der Waals surface area contributed by atoms with Crippen LogP contribution in [-0.4, -0.2) is 48.9 Å². The number of carbonyl (C=O) groups excluding carboxylic acids is 1. The molecule has 1 amide bonds. The molecule has 7 nitrogen and oxygen atoms in total. The number of fused-ring (bicyclic) bond motifs is 1. The topological polar surface area (TPSA) is 88.6 Å². The summed E-state index contributed by atoms with van der Waals surface area (Å²) in [4.78, 5) is 18.4. The van der Waals surface area contributed by atoms with Crippen molar-refractivity contribution in [3.05, 3.63) is 40.4 Å². The number of thiazole rings is 1. The molecule has 150 valence electrons. The summed E-state index contributed by atoms with van der Waals surface area (Å²) in [5, 5.41) is 3.37. The summed E-state index contributed by atoms with van der Waals surface area (Å²) < 4.78 is 33.1. The SMILES string of the molecule is C[C@@H]1CN(S(=O)(=O)c2cccc(C(=O)Nc3nc4c(s3)CCC4)c2)C[C@H](C)O1. The van der Waals surface area contributed by atoms with Crippen LogP contribution in [0.4, 0.5) is 5.13 Å². The van der Waals surface area contributed by atoms with Crippen molar-refractivity contribution in [1.29, 1.82) is 0 Å². The second-order valence-corrected chi connectivity index (χ2v) is 10.3. The maximum Gasteiger partial charge on any atom is 0.257 e. The van der Waals surface area contributed by atoms with Gasteiger partial charge in [0.05, 0.1) is 22.8 Å². The summed E-state index contributed by atoms with van der Waals surface area (Å²) in [5.41, 5.74) is 1.36. The molecule has 0 spiro atoms. The Morgan fingerprint density at radius 1 is 1.25 bits per heavy atom. The van der Waals surface area contributed by atoms with Gasteiger partial charge in [0.15, 0.2) is 5.13 Å². The summed E-state index contributed by atoms with van der Waals surface area (Å²) in [6, 6.07) is 6.16. The highest BCUT2D eigenvalue weighted by Gasteiger charge is 2.32. The van der Waals surface area contributed by atoms with Crippen molar-refractivity contribution in [3.8, 4) is 0 Å². The number of hydrogen-bond acceptors (Lipinski definition) is 6. The van der Waals surface area contributed by atoms with E-state index < -0.39 is 10.0 Å². The van der Waals surface area contributed by atoms with Crippen molar-refractivity contribution in [2.24, 2.45) is 0 Å². The maximum atomic E-state index is 13.0. The number of aryl methyl sites for hydroxylation is 2. The average Bonchev–Trinajstić information content (AvgIpc) is 3.22. The minimum absolute atomic E-state index is 0.114. The van der Waals surface area contributed by atoms with Gasteiger partial charge in [-0.05, 0) is 51.3 Å². The molecule has 1 fully saturated rings. The fourth-order valence-electron chi connectivity index (χ4n) is 3.69. The number of amides is 1. The lowest BCUT2D eigenvalue weighted by Gasteiger charge is -2.34. The van der Waals surface area contributed by atoms with Gasteiger partial charge in [-0.25, -0.2) is 13.4 Å². The molecule has 28 heavy (non-hydrogen) atoms. The van der Waals surface area contributed by atoms with Crippen LogP contribution in [0.5, 0.6) is 0 Å². The first-order valence-electron chi connectivity index (χ1n) is 9.38. The second-order valence-electron chi connectivity index (χ2n) is 7.30. The number of nitrogens with one attached hydrogen (secondary N) is 1. The predicted molar refractivity (Wildman–Crippen MR) is 107 cm³/mol. The Hall–Kier alpha value is -1.81. The zero-order chi connectivity index (χ0) is 19.9. The first kappa shape index (κ1) is 19.5. The van der Waals surface area contributed by atoms with Crippen molar-refractivity contribution in [3.63, 3.8) is 0 Å². The number of morpholine rings is 1. The van der Waals surface area contributed by atoms with Gasteiger partial charge in [-0.2, -0.15) is 4.31 Å². The van der Waals surface area contributed by atoms with Crippen LogP contribution in [0.3, 0.4) is 0 Å². The van der Waals surface area contributed by atoms with Crippen LogP contribution in [-0.2, 0) is 27.6 Å². The molecule has 1 aromatic carbocycles. The van der Waals surface area contributed by atoms with Crippen LogP contribution < -0.4 is 5.32 Å². The molecule has 1 N–H and O–H groups in total. The monoisotopic (exact) mass is 421 g/mol. The molecule has 2 atom stereocenters. The Balaban J connectivity index is 1.54. The lowest BCUT2D eigenvalue weighted by atomic mass is 10.2. The van der Waals surface area contributed by atoms with E-state index in [0.717, 1.165) is 25.0 Å². The van der Waals surface area contributed by atoms with Crippen LogP contribution in [0.15, 0.2) is 29.2 Å². The van der Waals surface area contributed by atoms with E-state index in [2.05, 4.69) is 10.3 Å². The third kappa shape index (κ3) is 3.84. The lowest BCUT2D eigenvalue weighted by Crippen LogP contribution is -2.48. The van der Waals surface area contributed by atoms with Gasteiger partial charge in [0.1, 0.15) is 0 Å². The number of hydrogen-bond donors (Lipinski definition) is 1. The number of aromatic nitrogens is 1. The summed E-state index contributed by atoms with van der Waals surface area (Å²) in [7, 11) is -3.69. The van der Waals surface area contributed by atoms with Crippen LogP contribution >= 0.6 is 11.3 Å². The van der Waals surface area contributed by atoms with Crippen LogP contribution in [0.2, 0.25) is 0 Å². The quantitative estimate of drug-likeness (QED) is 0.820. The van der Waals surface area contributed by atoms with Crippen molar-refractivity contribution >= 4 is 32.4 Å². The molecule has 1 aromatic heterocycles. The van der Waals surface area contributed by atoms with Crippen molar-refractivity contribution in [2.75, 3.05) is 18.4 Å². The van der Waals surface area contributed by atoms with E-state index in [1.807, 2.05) is 13.8 Å². The van der Waals surface area contributed by atoms with Gasteiger partial charge in [-0.15, -0.1) is 11.3 Å². The van der Waals surface area contributed by atoms with E-state index in [9.17, 15) is 13.2 Å². The molecule has 1 aliphatic carbocycles. The summed E-state index contributed by atoms with van der Waals surface area (Å²) in [6.07, 6.45) is 2.73. The molecule has 1 saturated heterocycles. The molecule has 0 saturated carbocycles. The van der Waals surface area contributed by atoms with Gasteiger partial charge in [0.25, 0.3) is 5.91 Å². The van der Waals surface area contributed by atoms with E-state index in [-0.39, 0.29) is 23.0 Å². The largest absolute Gasteiger partial charge is 0.373 e. The fourth-order valence-corrected chi connectivity index (χ4v) is 6.37. The van der Waals surface area contributed by atoms with Gasteiger partial charge < -0.3 is 4.74 Å². The Morgan fingerprint density at radius 2 is 2.00 bits per heavy atom. The van der Waals surface area contributed by atoms with Crippen molar-refractivity contribution < 1.29 is 17.9 Å². The third-order valence-corrected chi connectivity index (χ3v) is 7.84. The first-order valence-corrected chi connectivity index (χ1v) is 11.6. The zero-order valence-corrected chi connectivity index (χ0v) is 17.5. The highest BCUT2D eigenvalue weighted by Crippen LogP contribution is 2.30. The van der Waals surface area contributed by atoms with Gasteiger partial charge in [-0.3, -0.25) is 10.1 Å². The van der Waals surface area contributed by atoms with E-state index in [0.29, 0.717) is 23.8 Å². The van der Waals surface area contributed by atoms with Gasteiger partial charge in [0, 0.05) is 23.5 Å². The van der Waals surface area contributed by atoms with Gasteiger partial charge in [0.2, 0.25) is 10.0 Å². The normalized spacial score (nSPS) is 22.8. The average molecular weight is 422 g/mol. The molecule has 0 bridgehead atoms. The molecular formula is C19H23N3O4S2.